The quantitative estimate of drug-likeness (QED) is 0.522. The summed E-state index contributed by atoms with van der Waals surface area (Å²) in [4.78, 5) is 0. The van der Waals surface area contributed by atoms with Gasteiger partial charge in [0.05, 0.1) is 0 Å². The zero-order chi connectivity index (χ0) is 6.15. The summed E-state index contributed by atoms with van der Waals surface area (Å²) in [7, 11) is -2.62. The SMILES string of the molecule is CCS(C)(C)(N)=O. The van der Waals surface area contributed by atoms with Crippen LogP contribution in [0.3, 0.4) is 0 Å². The van der Waals surface area contributed by atoms with Crippen molar-refractivity contribution >= 4 is 9.25 Å². The molecule has 0 saturated carbocycles. The molecule has 0 radical (unpaired) electrons. The molecule has 0 aliphatic rings. The van der Waals surface area contributed by atoms with Crippen LogP contribution in [0.2, 0.25) is 0 Å². The van der Waals surface area contributed by atoms with Crippen molar-refractivity contribution in [2.75, 3.05) is 18.3 Å². The average Bonchev–Trinajstić information content (AvgIpc) is 1.32. The maximum Gasteiger partial charge on any atom is 0.0116 e. The first kappa shape index (κ1) is 7.11. The Kier molecular flexibility index (Phi) is 1.31. The number of nitrogens with two attached hydrogens (primary N) is 1. The van der Waals surface area contributed by atoms with Crippen LogP contribution in [0.5, 0.6) is 0 Å². The highest BCUT2D eigenvalue weighted by Gasteiger charge is 2.12. The molecule has 0 saturated heterocycles. The third-order valence-corrected chi connectivity index (χ3v) is 2.59. The molecule has 0 atom stereocenters. The Morgan fingerprint density at radius 1 is 1.57 bits per heavy atom. The van der Waals surface area contributed by atoms with Gasteiger partial charge in [-0.15, -0.1) is 0 Å². The molecule has 0 amide bonds. The van der Waals surface area contributed by atoms with Crippen LogP contribution in [0.15, 0.2) is 0 Å². The van der Waals surface area contributed by atoms with Crippen LogP contribution >= 0.6 is 0 Å². The van der Waals surface area contributed by atoms with Gasteiger partial charge in [0.25, 0.3) is 0 Å². The Hall–Kier alpha value is 0.110. The Morgan fingerprint density at radius 2 is 1.71 bits per heavy atom. The van der Waals surface area contributed by atoms with Crippen LogP contribution < -0.4 is 5.14 Å². The first-order chi connectivity index (χ1) is 2.81. The lowest BCUT2D eigenvalue weighted by molar-refractivity contribution is 0.666. The van der Waals surface area contributed by atoms with Gasteiger partial charge in [0, 0.05) is 18.3 Å². The van der Waals surface area contributed by atoms with E-state index in [4.69, 9.17) is 5.14 Å². The molecule has 0 rings (SSSR count). The highest BCUT2D eigenvalue weighted by molar-refractivity contribution is 8.16. The Balaban J connectivity index is 4.14. The predicted molar refractivity (Wildman–Crippen MR) is 34.7 cm³/mol. The van der Waals surface area contributed by atoms with Crippen molar-refractivity contribution in [3.63, 3.8) is 0 Å². The predicted octanol–water partition coefficient (Wildman–Crippen LogP) is -0.0403. The molecule has 0 aromatic heterocycles. The van der Waals surface area contributed by atoms with E-state index in [1.807, 2.05) is 6.92 Å². The van der Waals surface area contributed by atoms with Crippen molar-refractivity contribution in [2.24, 2.45) is 5.14 Å². The zero-order valence-electron chi connectivity index (χ0n) is 5.10. The molecule has 0 aromatic carbocycles. The summed E-state index contributed by atoms with van der Waals surface area (Å²) in [5.41, 5.74) is 0. The average molecular weight is 123 g/mol. The van der Waals surface area contributed by atoms with E-state index >= 15 is 0 Å². The van der Waals surface area contributed by atoms with Crippen molar-refractivity contribution in [3.8, 4) is 0 Å². The fraction of sp³-hybridized carbons (Fsp3) is 1.00. The highest BCUT2D eigenvalue weighted by Crippen LogP contribution is 2.03. The van der Waals surface area contributed by atoms with Crippen LogP contribution in [0.1, 0.15) is 6.92 Å². The van der Waals surface area contributed by atoms with Crippen LogP contribution in [0, 0.1) is 0 Å². The van der Waals surface area contributed by atoms with Crippen molar-refractivity contribution < 1.29 is 4.21 Å². The molecule has 3 heteroatoms. The summed E-state index contributed by atoms with van der Waals surface area (Å²) in [5.74, 6) is 0.567. The molecular weight excluding hydrogens is 110 g/mol. The zero-order valence-corrected chi connectivity index (χ0v) is 5.92. The smallest absolute Gasteiger partial charge is 0.0116 e. The second-order valence-electron chi connectivity index (χ2n) is 2.46. The Morgan fingerprint density at radius 3 is 1.71 bits per heavy atom. The van der Waals surface area contributed by atoms with Gasteiger partial charge in [-0.05, 0) is 0 Å². The summed E-state index contributed by atoms with van der Waals surface area (Å²) in [6.45, 7) is 1.83. The van der Waals surface area contributed by atoms with E-state index in [0.717, 1.165) is 0 Å². The van der Waals surface area contributed by atoms with Crippen LogP contribution in [0.25, 0.3) is 0 Å². The Labute approximate surface area is 44.6 Å². The Bertz CT molecular complexity index is 113. The molecule has 0 heterocycles. The number of hydrogen-bond donors (Lipinski definition) is 1. The van der Waals surface area contributed by atoms with Crippen molar-refractivity contribution in [2.45, 2.75) is 6.92 Å². The summed E-state index contributed by atoms with van der Waals surface area (Å²) in [5, 5.41) is 5.33. The summed E-state index contributed by atoms with van der Waals surface area (Å²) >= 11 is 0. The van der Waals surface area contributed by atoms with E-state index in [1.165, 1.54) is 0 Å². The maximum atomic E-state index is 10.9. The highest BCUT2D eigenvalue weighted by atomic mass is 32.3. The summed E-state index contributed by atoms with van der Waals surface area (Å²) < 4.78 is 10.9. The first-order valence-electron chi connectivity index (χ1n) is 2.21. The normalized spacial score (nSPS) is 18.0. The van der Waals surface area contributed by atoms with E-state index in [1.54, 1.807) is 12.5 Å². The summed E-state index contributed by atoms with van der Waals surface area (Å²) in [6.07, 6.45) is 3.19. The van der Waals surface area contributed by atoms with Crippen LogP contribution in [-0.4, -0.2) is 22.5 Å². The van der Waals surface area contributed by atoms with Crippen LogP contribution in [0.4, 0.5) is 0 Å². The molecular formula is C4H13NOS. The fourth-order valence-corrected chi connectivity index (χ4v) is 0. The second kappa shape index (κ2) is 1.29. The monoisotopic (exact) mass is 123 g/mol. The number of rotatable bonds is 1. The topological polar surface area (TPSA) is 43.1 Å². The standard InChI is InChI=1S/C4H13NOS/c1-4-7(2,3,5)6/h4H2,1-3H3,(H2,5,6). The number of hydrogen-bond acceptors (Lipinski definition) is 1. The molecule has 0 unspecified atom stereocenters. The lowest BCUT2D eigenvalue weighted by Crippen LogP contribution is -2.41. The lowest BCUT2D eigenvalue weighted by atomic mass is 11.0. The molecule has 0 aliphatic carbocycles. The van der Waals surface area contributed by atoms with Crippen molar-refractivity contribution in [3.05, 3.63) is 0 Å². The van der Waals surface area contributed by atoms with Gasteiger partial charge in [-0.25, -0.2) is 0 Å². The molecule has 0 aromatic rings. The van der Waals surface area contributed by atoms with Gasteiger partial charge in [-0.2, -0.15) is 0 Å². The van der Waals surface area contributed by atoms with Gasteiger partial charge in [0.1, 0.15) is 0 Å². The third-order valence-electron chi connectivity index (χ3n) is 0.862. The van der Waals surface area contributed by atoms with Crippen molar-refractivity contribution in [1.82, 2.24) is 0 Å². The largest absolute Gasteiger partial charge is 0.272 e. The molecule has 2 N–H and O–H groups in total. The van der Waals surface area contributed by atoms with Gasteiger partial charge in [-0.1, -0.05) is 16.2 Å². The van der Waals surface area contributed by atoms with Gasteiger partial charge < -0.3 is 0 Å². The van der Waals surface area contributed by atoms with Gasteiger partial charge in [0.15, 0.2) is 0 Å². The molecule has 0 aliphatic heterocycles. The lowest BCUT2D eigenvalue weighted by Gasteiger charge is -2.25. The van der Waals surface area contributed by atoms with Crippen LogP contribution in [-0.2, 0) is 9.25 Å². The van der Waals surface area contributed by atoms with E-state index < -0.39 is 9.25 Å². The molecule has 46 valence electrons. The van der Waals surface area contributed by atoms with E-state index in [9.17, 15) is 4.21 Å². The first-order valence-corrected chi connectivity index (χ1v) is 5.23. The second-order valence-corrected chi connectivity index (χ2v) is 7.38. The minimum absolute atomic E-state index is 0.567. The minimum Gasteiger partial charge on any atom is -0.272 e. The summed E-state index contributed by atoms with van der Waals surface area (Å²) in [6, 6.07) is 0. The van der Waals surface area contributed by atoms with Gasteiger partial charge >= 0.3 is 0 Å². The van der Waals surface area contributed by atoms with E-state index in [0.29, 0.717) is 5.75 Å². The molecule has 7 heavy (non-hydrogen) atoms. The fourth-order valence-electron chi connectivity index (χ4n) is 0. The molecule has 0 fully saturated rings. The third kappa shape index (κ3) is 6.11. The molecule has 0 spiro atoms. The van der Waals surface area contributed by atoms with Gasteiger partial charge in [-0.3, -0.25) is 9.35 Å². The van der Waals surface area contributed by atoms with Crippen molar-refractivity contribution in [1.29, 1.82) is 0 Å². The minimum atomic E-state index is -2.62. The van der Waals surface area contributed by atoms with Gasteiger partial charge in [0.2, 0.25) is 0 Å². The van der Waals surface area contributed by atoms with E-state index in [2.05, 4.69) is 0 Å². The van der Waals surface area contributed by atoms with E-state index in [-0.39, 0.29) is 0 Å². The molecule has 2 nitrogen and oxygen atoms in total. The molecule has 0 bridgehead atoms. The maximum absolute atomic E-state index is 10.9.